The molecule has 1 N–H and O–H groups in total. The van der Waals surface area contributed by atoms with Gasteiger partial charge in [0, 0.05) is 25.7 Å². The molecule has 0 fully saturated rings. The Morgan fingerprint density at radius 1 is 0.733 bits per heavy atom. The number of phosphoric ester groups is 1. The average molecular weight is 864 g/mol. The molecule has 0 aliphatic carbocycles. The van der Waals surface area contributed by atoms with Crippen LogP contribution in [0.3, 0.4) is 0 Å². The molecule has 1 rings (SSSR count). The van der Waals surface area contributed by atoms with E-state index in [1.54, 1.807) is 6.08 Å². The molecule has 1 heterocycles. The van der Waals surface area contributed by atoms with Gasteiger partial charge in [-0.2, -0.15) is 0 Å². The van der Waals surface area contributed by atoms with Crippen molar-refractivity contribution in [1.82, 2.24) is 0 Å². The number of nitrogens with zero attached hydrogens (tertiary/aromatic N) is 1. The van der Waals surface area contributed by atoms with Gasteiger partial charge in [0.15, 0.2) is 6.10 Å². The van der Waals surface area contributed by atoms with Crippen LogP contribution in [0.15, 0.2) is 53.0 Å². The Labute approximate surface area is 363 Å². The largest absolute Gasteiger partial charge is 0.756 e. The van der Waals surface area contributed by atoms with E-state index in [4.69, 9.17) is 22.9 Å². The van der Waals surface area contributed by atoms with Crippen LogP contribution in [-0.4, -0.2) is 81.2 Å². The molecule has 344 valence electrons. The van der Waals surface area contributed by atoms with E-state index in [0.717, 1.165) is 69.3 Å². The number of aliphatic hydroxyl groups is 1. The van der Waals surface area contributed by atoms with E-state index >= 15 is 0 Å². The lowest BCUT2D eigenvalue weighted by Gasteiger charge is -2.28. The molecule has 11 nitrogen and oxygen atoms in total. The van der Waals surface area contributed by atoms with Gasteiger partial charge >= 0.3 is 11.9 Å². The number of hydrogen-bond acceptors (Lipinski definition) is 10. The van der Waals surface area contributed by atoms with Crippen LogP contribution in [0.25, 0.3) is 0 Å². The summed E-state index contributed by atoms with van der Waals surface area (Å²) in [7, 11) is 1.07. The first-order valence-corrected chi connectivity index (χ1v) is 24.3. The number of hydrogen-bond donors (Lipinski definition) is 1. The normalized spacial score (nSPS) is 14.5. The van der Waals surface area contributed by atoms with E-state index in [9.17, 15) is 24.2 Å². The molecule has 60 heavy (non-hydrogen) atoms. The summed E-state index contributed by atoms with van der Waals surface area (Å²) in [5, 5.41) is 10.1. The smallest absolute Gasteiger partial charge is 0.306 e. The van der Waals surface area contributed by atoms with Gasteiger partial charge in [-0.15, -0.1) is 0 Å². The van der Waals surface area contributed by atoms with E-state index in [-0.39, 0.29) is 26.1 Å². The van der Waals surface area contributed by atoms with E-state index in [0.29, 0.717) is 43.1 Å². The van der Waals surface area contributed by atoms with Crippen molar-refractivity contribution in [3.63, 3.8) is 0 Å². The molecule has 0 spiro atoms. The SMILES string of the molecule is CCCCC/C=C\C[C@H](O)/C=C/C=C\C/C=C\CCCC(=O)O[C@H](COC(=O)CCCCCCCCCCc1oc(CCC)c(C)c1C)COP(=O)([O-])OCC[N+](C)(C)C. The summed E-state index contributed by atoms with van der Waals surface area (Å²) >= 11 is 0. The number of aryl methyl sites for hydroxylation is 2. The zero-order chi connectivity index (χ0) is 44.5. The first-order valence-electron chi connectivity index (χ1n) is 22.8. The first kappa shape index (κ1) is 55.2. The van der Waals surface area contributed by atoms with Crippen molar-refractivity contribution >= 4 is 19.8 Å². The molecular weight excluding hydrogens is 781 g/mol. The lowest BCUT2D eigenvalue weighted by atomic mass is 10.0. The Hall–Kier alpha value is -2.79. The van der Waals surface area contributed by atoms with Crippen molar-refractivity contribution in [2.75, 3.05) is 47.5 Å². The molecule has 1 aromatic heterocycles. The number of phosphoric acid groups is 1. The van der Waals surface area contributed by atoms with E-state index in [1.807, 2.05) is 57.6 Å². The maximum absolute atomic E-state index is 12.7. The van der Waals surface area contributed by atoms with Gasteiger partial charge in [0.1, 0.15) is 31.3 Å². The summed E-state index contributed by atoms with van der Waals surface area (Å²) in [6, 6.07) is 0. The first-order chi connectivity index (χ1) is 28.7. The zero-order valence-corrected chi connectivity index (χ0v) is 39.4. The van der Waals surface area contributed by atoms with Gasteiger partial charge in [-0.1, -0.05) is 114 Å². The molecule has 1 unspecified atom stereocenters. The summed E-state index contributed by atoms with van der Waals surface area (Å²) in [5.41, 5.74) is 2.61. The van der Waals surface area contributed by atoms with Crippen LogP contribution >= 0.6 is 7.82 Å². The molecule has 0 saturated carbocycles. The topological polar surface area (TPSA) is 145 Å². The number of carbonyl (C=O) groups is 2. The second kappa shape index (κ2) is 33.8. The molecule has 0 aromatic carbocycles. The van der Waals surface area contributed by atoms with Gasteiger partial charge in [0.25, 0.3) is 7.82 Å². The van der Waals surface area contributed by atoms with Gasteiger partial charge in [0.05, 0.1) is 33.9 Å². The number of ether oxygens (including phenoxy) is 2. The summed E-state index contributed by atoms with van der Waals surface area (Å²) in [6.07, 6.45) is 33.1. The number of esters is 2. The highest BCUT2D eigenvalue weighted by atomic mass is 31.2. The highest BCUT2D eigenvalue weighted by Crippen LogP contribution is 2.38. The second-order valence-electron chi connectivity index (χ2n) is 16.8. The van der Waals surface area contributed by atoms with Crippen LogP contribution in [-0.2, 0) is 45.5 Å². The van der Waals surface area contributed by atoms with Gasteiger partial charge in [-0.3, -0.25) is 14.2 Å². The lowest BCUT2D eigenvalue weighted by molar-refractivity contribution is -0.870. The third-order valence-electron chi connectivity index (χ3n) is 10.1. The molecule has 12 heteroatoms. The fraction of sp³-hybridized carbons (Fsp3) is 0.708. The maximum atomic E-state index is 12.7. The van der Waals surface area contributed by atoms with Gasteiger partial charge in [-0.25, -0.2) is 0 Å². The summed E-state index contributed by atoms with van der Waals surface area (Å²) in [4.78, 5) is 37.6. The maximum Gasteiger partial charge on any atom is 0.306 e. The average Bonchev–Trinajstić information content (AvgIpc) is 3.45. The van der Waals surface area contributed by atoms with E-state index in [2.05, 4.69) is 33.8 Å². The van der Waals surface area contributed by atoms with Crippen molar-refractivity contribution in [2.24, 2.45) is 0 Å². The van der Waals surface area contributed by atoms with Crippen molar-refractivity contribution in [3.8, 4) is 0 Å². The fourth-order valence-electron chi connectivity index (χ4n) is 6.25. The predicted molar refractivity (Wildman–Crippen MR) is 240 cm³/mol. The molecule has 0 aliphatic heterocycles. The number of furan rings is 1. The van der Waals surface area contributed by atoms with Crippen molar-refractivity contribution in [2.45, 2.75) is 175 Å². The van der Waals surface area contributed by atoms with Crippen LogP contribution in [0.5, 0.6) is 0 Å². The number of carbonyl (C=O) groups excluding carboxylic acids is 2. The Morgan fingerprint density at radius 3 is 2.05 bits per heavy atom. The minimum atomic E-state index is -4.67. The van der Waals surface area contributed by atoms with Crippen LogP contribution in [0.2, 0.25) is 0 Å². The highest BCUT2D eigenvalue weighted by molar-refractivity contribution is 7.45. The summed E-state index contributed by atoms with van der Waals surface area (Å²) in [5.74, 6) is 1.32. The number of aliphatic hydroxyl groups excluding tert-OH is 1. The molecule has 0 aliphatic rings. The number of unbranched alkanes of at least 4 members (excludes halogenated alkanes) is 11. The molecule has 0 saturated heterocycles. The third-order valence-corrected chi connectivity index (χ3v) is 11.1. The standard InChI is InChI=1S/C48H82NO10P/c1-8-10-11-12-21-26-32-43(50)33-27-22-17-13-15-20-25-30-36-48(52)58-44(40-57-60(53,54)56-38-37-49(5,6)7)39-55-47(51)35-29-24-19-16-14-18-23-28-34-46-42(4)41(3)45(59-46)31-9-2/h15,17,20-22,26-27,33,43-44,50H,8-14,16,18-19,23-25,28-32,34-40H2,1-7H3/b20-15-,22-17-,26-21-,33-27+/t43-,44+/m0/s1. The molecular formula is C48H82NO10P. The van der Waals surface area contributed by atoms with Crippen molar-refractivity contribution < 1.29 is 51.6 Å². The Kier molecular flexibility index (Phi) is 31.1. The fourth-order valence-corrected chi connectivity index (χ4v) is 6.98. The highest BCUT2D eigenvalue weighted by Gasteiger charge is 2.22. The Bertz CT molecular complexity index is 1460. The quantitative estimate of drug-likeness (QED) is 0.0171. The Balaban J connectivity index is 2.40. The third kappa shape index (κ3) is 30.3. The molecule has 0 radical (unpaired) electrons. The van der Waals surface area contributed by atoms with E-state index < -0.39 is 38.6 Å². The molecule has 0 bridgehead atoms. The van der Waals surface area contributed by atoms with Gasteiger partial charge in [-0.05, 0) is 82.8 Å². The number of likely N-dealkylation sites (N-methyl/N-ethyl adjacent to an activating group) is 1. The van der Waals surface area contributed by atoms with Crippen LogP contribution in [0.4, 0.5) is 0 Å². The minimum absolute atomic E-state index is 0.0604. The number of rotatable bonds is 37. The van der Waals surface area contributed by atoms with Crippen molar-refractivity contribution in [1.29, 1.82) is 0 Å². The second-order valence-corrected chi connectivity index (χ2v) is 18.3. The van der Waals surface area contributed by atoms with E-state index in [1.165, 1.54) is 43.2 Å². The van der Waals surface area contributed by atoms with Crippen molar-refractivity contribution in [3.05, 3.63) is 71.3 Å². The minimum Gasteiger partial charge on any atom is -0.756 e. The van der Waals surface area contributed by atoms with Gasteiger partial charge < -0.3 is 37.4 Å². The molecule has 0 amide bonds. The lowest BCUT2D eigenvalue weighted by Crippen LogP contribution is -2.37. The predicted octanol–water partition coefficient (Wildman–Crippen LogP) is 10.7. The summed E-state index contributed by atoms with van der Waals surface area (Å²) < 4.78 is 40.0. The number of allylic oxidation sites excluding steroid dienone is 6. The monoisotopic (exact) mass is 864 g/mol. The number of quaternary nitrogens is 1. The van der Waals surface area contributed by atoms with Crippen LogP contribution < -0.4 is 4.89 Å². The van der Waals surface area contributed by atoms with Crippen LogP contribution in [0, 0.1) is 13.8 Å². The Morgan fingerprint density at radius 2 is 1.37 bits per heavy atom. The summed E-state index contributed by atoms with van der Waals surface area (Å²) in [6.45, 7) is 8.24. The molecule has 3 atom stereocenters. The van der Waals surface area contributed by atoms with Crippen LogP contribution in [0.1, 0.15) is 158 Å². The molecule has 1 aromatic rings. The zero-order valence-electron chi connectivity index (χ0n) is 38.5. The van der Waals surface area contributed by atoms with Gasteiger partial charge in [0.2, 0.25) is 0 Å².